The Labute approximate surface area is 389 Å². The predicted molar refractivity (Wildman–Crippen MR) is 228 cm³/mol. The van der Waals surface area contributed by atoms with E-state index in [-0.39, 0.29) is 39.4 Å². The molecule has 10 N–H and O–H groups in total. The summed E-state index contributed by atoms with van der Waals surface area (Å²) in [5, 5.41) is 103. The minimum atomic E-state index is -2.48. The molecule has 4 saturated carbocycles. The van der Waals surface area contributed by atoms with E-state index in [2.05, 4.69) is 54.5 Å². The summed E-state index contributed by atoms with van der Waals surface area (Å²) in [6, 6.07) is 0. The van der Waals surface area contributed by atoms with E-state index < -0.39 is 128 Å². The third kappa shape index (κ3) is 8.65. The fourth-order valence-corrected chi connectivity index (χ4v) is 14.3. The number of carbonyl (C=O) groups is 4. The summed E-state index contributed by atoms with van der Waals surface area (Å²) in [6.07, 6.45) is -13.8. The largest absolute Gasteiger partial charge is 0.480 e. The Morgan fingerprint density at radius 2 is 1.45 bits per heavy atom. The number of ether oxygens (including phenoxy) is 6. The lowest BCUT2D eigenvalue weighted by Crippen LogP contribution is -2.66. The van der Waals surface area contributed by atoms with Crippen LogP contribution in [0.5, 0.6) is 0 Å². The third-order valence-electron chi connectivity index (χ3n) is 18.3. The number of aliphatic hydroxyl groups excluding tert-OH is 7. The van der Waals surface area contributed by atoms with Crippen LogP contribution in [0.25, 0.3) is 0 Å². The molecule has 0 aromatic heterocycles. The average Bonchev–Trinajstić information content (AvgIpc) is 3.24. The summed E-state index contributed by atoms with van der Waals surface area (Å²) < 4.78 is 34.2. The molecule has 7 aliphatic rings. The highest BCUT2D eigenvalue weighted by atomic mass is 16.7. The first-order valence-corrected chi connectivity index (χ1v) is 23.6. The van der Waals surface area contributed by atoms with Crippen molar-refractivity contribution in [3.8, 4) is 0 Å². The van der Waals surface area contributed by atoms with Gasteiger partial charge in [-0.2, -0.15) is 0 Å². The molecule has 2 saturated heterocycles. The number of carbonyl (C=O) groups excluding carboxylic acids is 1. The molecule has 2 aliphatic heterocycles. The third-order valence-corrected chi connectivity index (χ3v) is 18.3. The summed E-state index contributed by atoms with van der Waals surface area (Å²) in [5.74, 6) is -5.54. The highest BCUT2D eigenvalue weighted by Gasteiger charge is 2.70. The second-order valence-electron chi connectivity index (χ2n) is 22.7. The van der Waals surface area contributed by atoms with Crippen molar-refractivity contribution in [3.05, 3.63) is 11.6 Å². The lowest BCUT2D eigenvalue weighted by Gasteiger charge is -2.71. The topological polar surface area (TPSA) is 326 Å². The van der Waals surface area contributed by atoms with E-state index in [9.17, 15) is 65.1 Å². The molecule has 0 bridgehead atoms. The van der Waals surface area contributed by atoms with Gasteiger partial charge in [-0.3, -0.25) is 4.79 Å². The molecule has 0 amide bonds. The Morgan fingerprint density at radius 1 is 0.776 bits per heavy atom. The van der Waals surface area contributed by atoms with Crippen LogP contribution in [0.4, 0.5) is 0 Å². The summed E-state index contributed by atoms with van der Waals surface area (Å²) in [6.45, 7) is 13.8. The fourth-order valence-electron chi connectivity index (χ4n) is 14.3. The van der Waals surface area contributed by atoms with Gasteiger partial charge in [0, 0.05) is 0 Å². The van der Waals surface area contributed by atoms with Crippen molar-refractivity contribution < 1.29 is 98.7 Å². The van der Waals surface area contributed by atoms with E-state index in [1.165, 1.54) is 5.57 Å². The summed E-state index contributed by atoms with van der Waals surface area (Å²) >= 11 is 0. The van der Waals surface area contributed by atoms with Crippen LogP contribution < -0.4 is 0 Å². The van der Waals surface area contributed by atoms with E-state index in [0.717, 1.165) is 32.1 Å². The van der Waals surface area contributed by atoms with Crippen LogP contribution in [0.15, 0.2) is 11.6 Å². The maximum Gasteiger partial charge on any atom is 0.337 e. The second kappa shape index (κ2) is 18.4. The number of allylic oxidation sites excluding steroid dienone is 2. The highest BCUT2D eigenvalue weighted by molar-refractivity contribution is 5.79. The summed E-state index contributed by atoms with van der Waals surface area (Å²) in [5.41, 5.74) is -1.20. The SMILES string of the molecule is CC1(C)CC[C@]2(C(=O)O[C@@H]3O[C@H](CO)[C@@H](O)[C@H](O)[C@H]3O)CC[C@]3(C)C(=CCC4[C@@]5(C)CC[C@H](O[C@@H]6O[C@H](C(=O)O)[C@@H](O)[C@H](OC(OCC(=O)O)C(O)C(=O)O)[C@H]6O)C(C)(C)C5CC[C@]43C)C2C1. The molecule has 6 fully saturated rings. The summed E-state index contributed by atoms with van der Waals surface area (Å²) in [7, 11) is 0. The van der Waals surface area contributed by atoms with Gasteiger partial charge in [0.25, 0.3) is 0 Å². The molecule has 20 heteroatoms. The first kappa shape index (κ1) is 52.0. The zero-order valence-corrected chi connectivity index (χ0v) is 39.4. The zero-order valence-electron chi connectivity index (χ0n) is 39.4. The Morgan fingerprint density at radius 3 is 2.07 bits per heavy atom. The van der Waals surface area contributed by atoms with Crippen molar-refractivity contribution in [1.29, 1.82) is 0 Å². The molecule has 380 valence electrons. The van der Waals surface area contributed by atoms with Crippen LogP contribution in [0.1, 0.15) is 113 Å². The molecule has 5 unspecified atom stereocenters. The Bertz CT molecular complexity index is 1920. The van der Waals surface area contributed by atoms with Crippen molar-refractivity contribution in [3.63, 3.8) is 0 Å². The van der Waals surface area contributed by atoms with E-state index in [1.54, 1.807) is 0 Å². The second-order valence-corrected chi connectivity index (χ2v) is 22.7. The van der Waals surface area contributed by atoms with Gasteiger partial charge >= 0.3 is 23.9 Å². The molecular weight excluding hydrogens is 884 g/mol. The van der Waals surface area contributed by atoms with Crippen LogP contribution >= 0.6 is 0 Å². The van der Waals surface area contributed by atoms with Gasteiger partial charge in [-0.1, -0.05) is 60.1 Å². The van der Waals surface area contributed by atoms with Crippen LogP contribution in [-0.2, 0) is 47.6 Å². The minimum absolute atomic E-state index is 0.0494. The van der Waals surface area contributed by atoms with Gasteiger partial charge in [0.05, 0.1) is 18.1 Å². The van der Waals surface area contributed by atoms with E-state index in [4.69, 9.17) is 33.5 Å². The average molecular weight is 957 g/mol. The molecular formula is C47H72O20. The summed E-state index contributed by atoms with van der Waals surface area (Å²) in [4.78, 5) is 49.9. The first-order valence-electron chi connectivity index (χ1n) is 23.6. The number of rotatable bonds is 13. The van der Waals surface area contributed by atoms with Crippen molar-refractivity contribution in [2.24, 2.45) is 50.2 Å². The van der Waals surface area contributed by atoms with Gasteiger partial charge in [0.15, 0.2) is 18.7 Å². The van der Waals surface area contributed by atoms with Gasteiger partial charge in [-0.15, -0.1) is 0 Å². The molecule has 2 heterocycles. The highest BCUT2D eigenvalue weighted by Crippen LogP contribution is 2.76. The van der Waals surface area contributed by atoms with Gasteiger partial charge in [-0.05, 0) is 109 Å². The van der Waals surface area contributed by atoms with E-state index in [0.29, 0.717) is 32.1 Å². The van der Waals surface area contributed by atoms with Crippen LogP contribution in [0.3, 0.4) is 0 Å². The van der Waals surface area contributed by atoms with Crippen molar-refractivity contribution in [2.45, 2.75) is 193 Å². The number of carboxylic acids is 3. The lowest BCUT2D eigenvalue weighted by molar-refractivity contribution is -0.345. The lowest BCUT2D eigenvalue weighted by atomic mass is 9.33. The van der Waals surface area contributed by atoms with Crippen molar-refractivity contribution >= 4 is 23.9 Å². The Kier molecular flexibility index (Phi) is 14.3. The van der Waals surface area contributed by atoms with Gasteiger partial charge in [-0.25, -0.2) is 14.4 Å². The number of carboxylic acid groups (broad SMARTS) is 3. The minimum Gasteiger partial charge on any atom is -0.480 e. The van der Waals surface area contributed by atoms with Crippen LogP contribution in [-0.4, -0.2) is 168 Å². The molecule has 0 spiro atoms. The number of fused-ring (bicyclic) bond motifs is 7. The molecule has 0 aromatic rings. The monoisotopic (exact) mass is 956 g/mol. The molecule has 0 aromatic carbocycles. The fraction of sp³-hybridized carbons (Fsp3) is 0.872. The predicted octanol–water partition coefficient (Wildman–Crippen LogP) is 1.31. The number of esters is 1. The molecule has 20 nitrogen and oxygen atoms in total. The number of aliphatic hydroxyl groups is 7. The molecule has 5 aliphatic carbocycles. The van der Waals surface area contributed by atoms with Crippen LogP contribution in [0.2, 0.25) is 0 Å². The Hall–Kier alpha value is -2.86. The van der Waals surface area contributed by atoms with E-state index >= 15 is 0 Å². The maximum atomic E-state index is 14.7. The zero-order chi connectivity index (χ0) is 49.6. The number of aliphatic carboxylic acids is 3. The normalized spacial score (nSPS) is 46.5. The van der Waals surface area contributed by atoms with E-state index in [1.807, 2.05) is 0 Å². The molecule has 67 heavy (non-hydrogen) atoms. The van der Waals surface area contributed by atoms with Crippen LogP contribution in [0, 0.1) is 50.2 Å². The van der Waals surface area contributed by atoms with Crippen molar-refractivity contribution in [1.82, 2.24) is 0 Å². The quantitative estimate of drug-likeness (QED) is 0.0538. The smallest absolute Gasteiger partial charge is 0.337 e. The molecule has 0 radical (unpaired) electrons. The number of hydrogen-bond donors (Lipinski definition) is 10. The standard InChI is InChI=1S/C47H72O20/c1-42(2)14-16-47(41(61)67-39-30(53)29(52)28(51)23(19-48)63-39)17-15-45(6)21(22(47)18-42)8-9-25-44(5)12-11-26(43(3,4)24(44)10-13-46(25,45)7)64-40-32(55)34(31(54)35(66-40)37(59)60)65-38(33(56)36(57)58)62-20-27(49)50/h8,22-26,28-35,38-40,48,51-56H,9-20H2,1-7H3,(H,49,50)(H,57,58)(H,59,60)/t22?,23-,24?,25?,26+,28-,29+,30-,31+,32-,33?,34+,35+,38?,39+,40-,44+,45-,46-,47+/m1/s1. The van der Waals surface area contributed by atoms with Crippen molar-refractivity contribution in [2.75, 3.05) is 13.2 Å². The first-order chi connectivity index (χ1) is 31.1. The van der Waals surface area contributed by atoms with Gasteiger partial charge in [0.1, 0.15) is 49.3 Å². The van der Waals surface area contributed by atoms with Gasteiger partial charge < -0.3 is 79.5 Å². The maximum absolute atomic E-state index is 14.7. The number of hydrogen-bond acceptors (Lipinski definition) is 17. The Balaban J connectivity index is 1.13. The molecule has 20 atom stereocenters. The van der Waals surface area contributed by atoms with Gasteiger partial charge in [0.2, 0.25) is 12.4 Å². The molecule has 7 rings (SSSR count).